The number of carboxylic acids is 1. The number of nitrogens with zero attached hydrogens (tertiary/aromatic N) is 1. The second-order valence-corrected chi connectivity index (χ2v) is 4.69. The average molecular weight is 229 g/mol. The molecule has 16 heavy (non-hydrogen) atoms. The van der Waals surface area contributed by atoms with Gasteiger partial charge in [-0.25, -0.2) is 0 Å². The average Bonchev–Trinajstić information content (AvgIpc) is 2.63. The molecule has 0 spiro atoms. The fraction of sp³-hybridized carbons (Fsp3) is 0.909. The molecule has 0 aromatic carbocycles. The highest BCUT2D eigenvalue weighted by atomic mass is 16.4. The molecule has 5 nitrogen and oxygen atoms in total. The summed E-state index contributed by atoms with van der Waals surface area (Å²) in [6.45, 7) is 4.05. The lowest BCUT2D eigenvalue weighted by Crippen LogP contribution is -2.34. The molecule has 1 saturated heterocycles. The maximum atomic E-state index is 10.4. The second-order valence-electron chi connectivity index (χ2n) is 4.69. The van der Waals surface area contributed by atoms with Crippen LogP contribution in [0.2, 0.25) is 0 Å². The van der Waals surface area contributed by atoms with Crippen LogP contribution in [0.1, 0.15) is 19.3 Å². The van der Waals surface area contributed by atoms with Crippen molar-refractivity contribution in [3.8, 4) is 0 Å². The Kier molecular flexibility index (Phi) is 5.73. The van der Waals surface area contributed by atoms with Crippen LogP contribution in [0, 0.1) is 5.92 Å². The van der Waals surface area contributed by atoms with Crippen LogP contribution in [0.25, 0.3) is 0 Å². The van der Waals surface area contributed by atoms with Gasteiger partial charge < -0.3 is 21.1 Å². The molecule has 0 amide bonds. The zero-order chi connectivity index (χ0) is 12.0. The molecule has 94 valence electrons. The maximum absolute atomic E-state index is 10.4. The maximum Gasteiger partial charge on any atom is 0.320 e. The van der Waals surface area contributed by atoms with Crippen LogP contribution < -0.4 is 11.1 Å². The lowest BCUT2D eigenvalue weighted by Gasteiger charge is -2.11. The van der Waals surface area contributed by atoms with Crippen LogP contribution in [-0.2, 0) is 4.79 Å². The summed E-state index contributed by atoms with van der Waals surface area (Å²) in [6.07, 6.45) is 2.96. The van der Waals surface area contributed by atoms with Gasteiger partial charge in [-0.15, -0.1) is 0 Å². The summed E-state index contributed by atoms with van der Waals surface area (Å²) >= 11 is 0. The Hall–Kier alpha value is -0.650. The standard InChI is InChI=1S/C11H23N3O2/c1-14-7-4-9(8-14)2-5-13-6-3-10(12)11(15)16/h9-10,13H,2-8,12H2,1H3,(H,15,16). The minimum atomic E-state index is -0.917. The van der Waals surface area contributed by atoms with Gasteiger partial charge >= 0.3 is 5.97 Å². The fourth-order valence-electron chi connectivity index (χ4n) is 2.07. The number of nitrogens with two attached hydrogens (primary N) is 1. The van der Waals surface area contributed by atoms with Crippen LogP contribution in [0.5, 0.6) is 0 Å². The second kappa shape index (κ2) is 6.83. The molecule has 4 N–H and O–H groups in total. The number of aliphatic carboxylic acids is 1. The third-order valence-corrected chi connectivity index (χ3v) is 3.17. The Labute approximate surface area is 97.0 Å². The SMILES string of the molecule is CN1CCC(CCNCCC(N)C(=O)O)C1. The van der Waals surface area contributed by atoms with Crippen LogP contribution in [0.4, 0.5) is 0 Å². The number of likely N-dealkylation sites (tertiary alicyclic amines) is 1. The van der Waals surface area contributed by atoms with Crippen molar-refractivity contribution in [2.45, 2.75) is 25.3 Å². The summed E-state index contributed by atoms with van der Waals surface area (Å²) in [4.78, 5) is 12.8. The first-order valence-electron chi connectivity index (χ1n) is 5.97. The largest absolute Gasteiger partial charge is 0.480 e. The molecule has 1 aliphatic rings. The van der Waals surface area contributed by atoms with Gasteiger partial charge in [0, 0.05) is 6.54 Å². The van der Waals surface area contributed by atoms with Gasteiger partial charge in [-0.2, -0.15) is 0 Å². The molecule has 0 bridgehead atoms. The molecule has 2 atom stereocenters. The zero-order valence-electron chi connectivity index (χ0n) is 9.98. The van der Waals surface area contributed by atoms with E-state index in [9.17, 15) is 4.79 Å². The quantitative estimate of drug-likeness (QED) is 0.523. The summed E-state index contributed by atoms with van der Waals surface area (Å²) in [5, 5.41) is 11.8. The molecule has 1 rings (SSSR count). The first-order valence-corrected chi connectivity index (χ1v) is 5.97. The number of hydrogen-bond acceptors (Lipinski definition) is 4. The van der Waals surface area contributed by atoms with Gasteiger partial charge in [-0.3, -0.25) is 4.79 Å². The number of nitrogens with one attached hydrogen (secondary N) is 1. The molecule has 2 unspecified atom stereocenters. The van der Waals surface area contributed by atoms with Crippen molar-refractivity contribution in [1.82, 2.24) is 10.2 Å². The lowest BCUT2D eigenvalue weighted by atomic mass is 10.1. The first-order chi connectivity index (χ1) is 7.59. The Morgan fingerprint density at radius 1 is 1.62 bits per heavy atom. The number of carboxylic acid groups (broad SMARTS) is 1. The third-order valence-electron chi connectivity index (χ3n) is 3.17. The van der Waals surface area contributed by atoms with E-state index < -0.39 is 12.0 Å². The van der Waals surface area contributed by atoms with Crippen LogP contribution in [0.3, 0.4) is 0 Å². The Bertz CT molecular complexity index is 223. The molecule has 0 aromatic rings. The molecular formula is C11H23N3O2. The van der Waals surface area contributed by atoms with Crippen molar-refractivity contribution in [2.75, 3.05) is 33.2 Å². The topological polar surface area (TPSA) is 78.6 Å². The third kappa shape index (κ3) is 4.92. The number of carbonyl (C=O) groups is 1. The van der Waals surface area contributed by atoms with Crippen LogP contribution in [-0.4, -0.2) is 55.2 Å². The monoisotopic (exact) mass is 229 g/mol. The minimum absolute atomic E-state index is 0.500. The van der Waals surface area contributed by atoms with Gasteiger partial charge in [0.25, 0.3) is 0 Å². The van der Waals surface area contributed by atoms with E-state index >= 15 is 0 Å². The molecule has 1 heterocycles. The Morgan fingerprint density at radius 2 is 2.38 bits per heavy atom. The van der Waals surface area contributed by atoms with Crippen LogP contribution >= 0.6 is 0 Å². The van der Waals surface area contributed by atoms with Crippen molar-refractivity contribution in [2.24, 2.45) is 11.7 Å². The van der Waals surface area contributed by atoms with Gasteiger partial charge in [-0.05, 0) is 51.9 Å². The molecule has 1 fully saturated rings. The van der Waals surface area contributed by atoms with Crippen LogP contribution in [0.15, 0.2) is 0 Å². The molecular weight excluding hydrogens is 206 g/mol. The smallest absolute Gasteiger partial charge is 0.320 e. The molecule has 0 aliphatic carbocycles. The van der Waals surface area contributed by atoms with Crippen molar-refractivity contribution >= 4 is 5.97 Å². The first kappa shape index (κ1) is 13.4. The van der Waals surface area contributed by atoms with Gasteiger partial charge in [0.1, 0.15) is 6.04 Å². The summed E-state index contributed by atoms with van der Waals surface area (Å²) in [5.74, 6) is -0.120. The zero-order valence-corrected chi connectivity index (χ0v) is 9.98. The van der Waals surface area contributed by atoms with E-state index in [4.69, 9.17) is 10.8 Å². The summed E-state index contributed by atoms with van der Waals surface area (Å²) < 4.78 is 0. The minimum Gasteiger partial charge on any atom is -0.480 e. The molecule has 1 aliphatic heterocycles. The van der Waals surface area contributed by atoms with E-state index in [0.717, 1.165) is 12.5 Å². The Morgan fingerprint density at radius 3 is 2.94 bits per heavy atom. The van der Waals surface area contributed by atoms with E-state index in [2.05, 4.69) is 17.3 Å². The van der Waals surface area contributed by atoms with Gasteiger partial charge in [0.15, 0.2) is 0 Å². The number of hydrogen-bond donors (Lipinski definition) is 3. The van der Waals surface area contributed by atoms with Crippen molar-refractivity contribution < 1.29 is 9.90 Å². The van der Waals surface area contributed by atoms with E-state index in [-0.39, 0.29) is 0 Å². The summed E-state index contributed by atoms with van der Waals surface area (Å²) in [5.41, 5.74) is 5.39. The normalized spacial score (nSPS) is 23.5. The highest BCUT2D eigenvalue weighted by Gasteiger charge is 2.18. The Balaban J connectivity index is 1.94. The molecule has 0 radical (unpaired) electrons. The molecule has 0 saturated carbocycles. The van der Waals surface area contributed by atoms with E-state index in [1.807, 2.05) is 0 Å². The summed E-state index contributed by atoms with van der Waals surface area (Å²) in [7, 11) is 2.15. The highest BCUT2D eigenvalue weighted by Crippen LogP contribution is 2.16. The van der Waals surface area contributed by atoms with Gasteiger partial charge in [-0.1, -0.05) is 0 Å². The van der Waals surface area contributed by atoms with Crippen molar-refractivity contribution in [3.05, 3.63) is 0 Å². The highest BCUT2D eigenvalue weighted by molar-refractivity contribution is 5.72. The predicted molar refractivity (Wildman–Crippen MR) is 63.3 cm³/mol. The van der Waals surface area contributed by atoms with Gasteiger partial charge in [0.2, 0.25) is 0 Å². The lowest BCUT2D eigenvalue weighted by molar-refractivity contribution is -0.138. The molecule has 0 aromatic heterocycles. The van der Waals surface area contributed by atoms with Gasteiger partial charge in [0.05, 0.1) is 0 Å². The predicted octanol–water partition coefficient (Wildman–Crippen LogP) is -0.280. The summed E-state index contributed by atoms with van der Waals surface area (Å²) in [6, 6.07) is -0.731. The number of rotatable bonds is 7. The van der Waals surface area contributed by atoms with E-state index in [1.165, 1.54) is 25.9 Å². The van der Waals surface area contributed by atoms with Crippen molar-refractivity contribution in [1.29, 1.82) is 0 Å². The van der Waals surface area contributed by atoms with E-state index in [1.54, 1.807) is 0 Å². The van der Waals surface area contributed by atoms with Crippen molar-refractivity contribution in [3.63, 3.8) is 0 Å². The van der Waals surface area contributed by atoms with E-state index in [0.29, 0.717) is 13.0 Å². The fourth-order valence-corrected chi connectivity index (χ4v) is 2.07. The molecule has 5 heteroatoms.